The van der Waals surface area contributed by atoms with E-state index in [-0.39, 0.29) is 0 Å². The molecule has 3 heteroatoms. The number of pyridine rings is 3. The lowest BCUT2D eigenvalue weighted by atomic mass is 9.90. The minimum absolute atomic E-state index is 0.868. The summed E-state index contributed by atoms with van der Waals surface area (Å²) in [6.45, 7) is 0. The summed E-state index contributed by atoms with van der Waals surface area (Å²) in [6.07, 6.45) is 0. The Morgan fingerprint density at radius 1 is 0.288 bits per heavy atom. The molecule has 0 amide bonds. The maximum atomic E-state index is 5.49. The molecule has 10 aromatic rings. The first kappa shape index (κ1) is 29.9. The van der Waals surface area contributed by atoms with E-state index in [1.807, 2.05) is 18.2 Å². The summed E-state index contributed by atoms with van der Waals surface area (Å²) in [7, 11) is 0. The monoisotopic (exact) mass is 661 g/mol. The molecule has 0 N–H and O–H groups in total. The van der Waals surface area contributed by atoms with Gasteiger partial charge in [0.1, 0.15) is 0 Å². The number of para-hydroxylation sites is 1. The lowest BCUT2D eigenvalue weighted by Gasteiger charge is -2.17. The molecule has 3 aromatic heterocycles. The van der Waals surface area contributed by atoms with Crippen LogP contribution in [0.4, 0.5) is 0 Å². The zero-order valence-electron chi connectivity index (χ0n) is 28.2. The Morgan fingerprint density at radius 3 is 1.52 bits per heavy atom. The van der Waals surface area contributed by atoms with Crippen molar-refractivity contribution in [1.82, 2.24) is 15.0 Å². The van der Waals surface area contributed by atoms with Crippen molar-refractivity contribution in [3.05, 3.63) is 188 Å². The van der Waals surface area contributed by atoms with Gasteiger partial charge in [0, 0.05) is 43.6 Å². The molecule has 0 atom stereocenters. The summed E-state index contributed by atoms with van der Waals surface area (Å²) in [5.41, 5.74) is 13.3. The summed E-state index contributed by atoms with van der Waals surface area (Å²) in [5, 5.41) is 5.51. The molecule has 52 heavy (non-hydrogen) atoms. The van der Waals surface area contributed by atoms with Gasteiger partial charge in [0.2, 0.25) is 0 Å². The highest BCUT2D eigenvalue weighted by Crippen LogP contribution is 2.42. The minimum Gasteiger partial charge on any atom is -0.246 e. The molecule has 0 saturated heterocycles. The fourth-order valence-corrected chi connectivity index (χ4v) is 7.53. The van der Waals surface area contributed by atoms with Crippen molar-refractivity contribution in [3.63, 3.8) is 0 Å². The third-order valence-electron chi connectivity index (χ3n) is 10.0. The zero-order chi connectivity index (χ0) is 34.4. The van der Waals surface area contributed by atoms with Crippen LogP contribution in [-0.4, -0.2) is 15.0 Å². The van der Waals surface area contributed by atoms with Gasteiger partial charge in [-0.2, -0.15) is 0 Å². The first-order valence-electron chi connectivity index (χ1n) is 17.6. The minimum atomic E-state index is 0.868. The molecule has 0 saturated carbocycles. The molecular formula is C49H31N3. The van der Waals surface area contributed by atoms with Crippen LogP contribution in [0.25, 0.3) is 99.5 Å². The Balaban J connectivity index is 1.23. The average Bonchev–Trinajstić information content (AvgIpc) is 3.23. The molecule has 242 valence electrons. The quantitative estimate of drug-likeness (QED) is 0.172. The van der Waals surface area contributed by atoms with Crippen LogP contribution in [0.5, 0.6) is 0 Å². The lowest BCUT2D eigenvalue weighted by molar-refractivity contribution is 1.36. The smallest absolute Gasteiger partial charge is 0.0972 e. The van der Waals surface area contributed by atoms with Gasteiger partial charge in [0.25, 0.3) is 0 Å². The van der Waals surface area contributed by atoms with Gasteiger partial charge in [-0.1, -0.05) is 170 Å². The second-order valence-electron chi connectivity index (χ2n) is 13.2. The zero-order valence-corrected chi connectivity index (χ0v) is 28.2. The Bertz CT molecular complexity index is 2940. The van der Waals surface area contributed by atoms with Gasteiger partial charge in [-0.15, -0.1) is 0 Å². The molecule has 0 radical (unpaired) electrons. The Hall–Kier alpha value is -6.97. The van der Waals surface area contributed by atoms with Crippen molar-refractivity contribution in [1.29, 1.82) is 0 Å². The van der Waals surface area contributed by atoms with E-state index in [1.54, 1.807) is 0 Å². The predicted octanol–water partition coefficient (Wildman–Crippen LogP) is 12.8. The van der Waals surface area contributed by atoms with Crippen molar-refractivity contribution in [3.8, 4) is 56.0 Å². The van der Waals surface area contributed by atoms with Gasteiger partial charge in [0.05, 0.1) is 33.6 Å². The third kappa shape index (κ3) is 5.10. The number of benzene rings is 7. The van der Waals surface area contributed by atoms with Crippen LogP contribution in [-0.2, 0) is 0 Å². The molecular weight excluding hydrogens is 631 g/mol. The Kier molecular flexibility index (Phi) is 7.14. The van der Waals surface area contributed by atoms with Crippen molar-refractivity contribution >= 4 is 43.5 Å². The molecule has 0 bridgehead atoms. The molecule has 0 aliphatic heterocycles. The first-order chi connectivity index (χ1) is 25.8. The number of fused-ring (bicyclic) bond motifs is 6. The van der Waals surface area contributed by atoms with E-state index in [1.165, 1.54) is 27.6 Å². The normalized spacial score (nSPS) is 11.5. The molecule has 0 aliphatic rings. The van der Waals surface area contributed by atoms with E-state index in [4.69, 9.17) is 15.0 Å². The molecule has 0 aliphatic carbocycles. The summed E-state index contributed by atoms with van der Waals surface area (Å²) >= 11 is 0. The van der Waals surface area contributed by atoms with E-state index in [0.717, 1.165) is 71.9 Å². The van der Waals surface area contributed by atoms with Crippen LogP contribution >= 0.6 is 0 Å². The number of hydrogen-bond donors (Lipinski definition) is 0. The van der Waals surface area contributed by atoms with Gasteiger partial charge >= 0.3 is 0 Å². The van der Waals surface area contributed by atoms with Crippen molar-refractivity contribution in [2.75, 3.05) is 0 Å². The predicted molar refractivity (Wildman–Crippen MR) is 217 cm³/mol. The number of rotatable bonds is 5. The van der Waals surface area contributed by atoms with Crippen LogP contribution < -0.4 is 0 Å². The molecule has 0 unspecified atom stereocenters. The lowest BCUT2D eigenvalue weighted by Crippen LogP contribution is -1.95. The number of nitrogens with zero attached hydrogens (tertiary/aromatic N) is 3. The molecule has 3 nitrogen and oxygen atoms in total. The van der Waals surface area contributed by atoms with E-state index >= 15 is 0 Å². The molecule has 0 fully saturated rings. The first-order valence-corrected chi connectivity index (χ1v) is 17.6. The SMILES string of the molecule is c1ccc(-c2cccc(-c3cccc4c(-c5ccccc5)nc5c(-c6ccc7ccc8ccc(-c9ccccc9)nc8c7n6)cccc5c34)c2)cc1. The average molecular weight is 662 g/mol. The molecule has 0 spiro atoms. The maximum Gasteiger partial charge on any atom is 0.0972 e. The van der Waals surface area contributed by atoms with Crippen LogP contribution in [0, 0.1) is 0 Å². The fraction of sp³-hybridized carbons (Fsp3) is 0. The Labute approximate surface area is 301 Å². The van der Waals surface area contributed by atoms with Crippen LogP contribution in [0.15, 0.2) is 188 Å². The van der Waals surface area contributed by atoms with Gasteiger partial charge in [-0.3, -0.25) is 0 Å². The highest BCUT2D eigenvalue weighted by molar-refractivity contribution is 6.19. The molecule has 3 heterocycles. The summed E-state index contributed by atoms with van der Waals surface area (Å²) < 4.78 is 0. The van der Waals surface area contributed by atoms with Crippen LogP contribution in [0.3, 0.4) is 0 Å². The van der Waals surface area contributed by atoms with Crippen LogP contribution in [0.1, 0.15) is 0 Å². The topological polar surface area (TPSA) is 38.7 Å². The van der Waals surface area contributed by atoms with Gasteiger partial charge in [0.15, 0.2) is 0 Å². The standard InChI is InChI=1S/C49H31N3/c1-4-13-32(14-5-1)37-19-10-20-38(31-37)39-21-11-23-41-45(39)42-24-12-22-40(49(42)52-46(41)34-17-8-3-9-18-34)44-30-28-36-26-25-35-27-29-43(33-15-6-2-7-16-33)50-47(35)48(36)51-44/h1-31H. The number of aromatic nitrogens is 3. The maximum absolute atomic E-state index is 5.49. The van der Waals surface area contributed by atoms with E-state index in [9.17, 15) is 0 Å². The Morgan fingerprint density at radius 2 is 0.808 bits per heavy atom. The highest BCUT2D eigenvalue weighted by atomic mass is 14.8. The largest absolute Gasteiger partial charge is 0.246 e. The second-order valence-corrected chi connectivity index (χ2v) is 13.2. The van der Waals surface area contributed by atoms with Crippen molar-refractivity contribution < 1.29 is 0 Å². The van der Waals surface area contributed by atoms with Crippen molar-refractivity contribution in [2.45, 2.75) is 0 Å². The van der Waals surface area contributed by atoms with Crippen LogP contribution in [0.2, 0.25) is 0 Å². The van der Waals surface area contributed by atoms with E-state index in [0.29, 0.717) is 0 Å². The third-order valence-corrected chi connectivity index (χ3v) is 10.0. The summed E-state index contributed by atoms with van der Waals surface area (Å²) in [4.78, 5) is 16.0. The fourth-order valence-electron chi connectivity index (χ4n) is 7.53. The summed E-state index contributed by atoms with van der Waals surface area (Å²) in [5.74, 6) is 0. The molecule has 10 rings (SSSR count). The van der Waals surface area contributed by atoms with E-state index in [2.05, 4.69) is 170 Å². The number of hydrogen-bond acceptors (Lipinski definition) is 3. The molecule has 7 aromatic carbocycles. The van der Waals surface area contributed by atoms with Gasteiger partial charge < -0.3 is 0 Å². The highest BCUT2D eigenvalue weighted by Gasteiger charge is 2.18. The summed E-state index contributed by atoms with van der Waals surface area (Å²) in [6, 6.07) is 66.1. The van der Waals surface area contributed by atoms with Crippen molar-refractivity contribution in [2.24, 2.45) is 0 Å². The van der Waals surface area contributed by atoms with Gasteiger partial charge in [-0.25, -0.2) is 15.0 Å². The second kappa shape index (κ2) is 12.4. The van der Waals surface area contributed by atoms with Gasteiger partial charge in [-0.05, 0) is 40.5 Å². The van der Waals surface area contributed by atoms with E-state index < -0.39 is 0 Å².